The SMILES string of the molecule is CC1CCCC1n1c(=O)c(C(F)F)cc2cnc(NC3CCN(C(=O)COCCOCCOCCOCCNc4cccc5c4C(=O)N(C4CCC(=O)NC4=O)C5=O)CC3)nc21. The molecular weight excluding hydrogens is 815 g/mol. The summed E-state index contributed by atoms with van der Waals surface area (Å²) >= 11 is 0. The van der Waals surface area contributed by atoms with Crippen LogP contribution in [0.4, 0.5) is 20.4 Å². The van der Waals surface area contributed by atoms with E-state index in [2.05, 4.69) is 25.9 Å². The highest BCUT2D eigenvalue weighted by molar-refractivity contribution is 6.25. The Morgan fingerprint density at radius 3 is 2.29 bits per heavy atom. The van der Waals surface area contributed by atoms with E-state index in [4.69, 9.17) is 18.9 Å². The number of fused-ring (bicyclic) bond motifs is 2. The average Bonchev–Trinajstić information content (AvgIpc) is 3.79. The third kappa shape index (κ3) is 10.3. The number of carbonyl (C=O) groups excluding carboxylic acids is 5. The van der Waals surface area contributed by atoms with Crippen molar-refractivity contribution >= 4 is 52.2 Å². The third-order valence-corrected chi connectivity index (χ3v) is 11.7. The molecule has 3 aromatic rings. The molecule has 3 N–H and O–H groups in total. The normalized spacial score (nSPS) is 20.7. The highest BCUT2D eigenvalue weighted by Gasteiger charge is 2.45. The first-order chi connectivity index (χ1) is 30.0. The van der Waals surface area contributed by atoms with Crippen molar-refractivity contribution in [3.8, 4) is 0 Å². The summed E-state index contributed by atoms with van der Waals surface area (Å²) in [6.45, 7) is 5.46. The first-order valence-electron chi connectivity index (χ1n) is 21.2. The Bertz CT molecular complexity index is 2200. The van der Waals surface area contributed by atoms with E-state index >= 15 is 0 Å². The van der Waals surface area contributed by atoms with E-state index in [1.165, 1.54) is 22.9 Å². The fourth-order valence-electron chi connectivity index (χ4n) is 8.47. The molecule has 3 unspecified atom stereocenters. The molecule has 1 aromatic carbocycles. The van der Waals surface area contributed by atoms with Gasteiger partial charge >= 0.3 is 0 Å². The molecular formula is C42H52F2N8O10. The lowest BCUT2D eigenvalue weighted by atomic mass is 10.0. The Balaban J connectivity index is 0.723. The quantitative estimate of drug-likeness (QED) is 0.110. The molecule has 4 aliphatic rings. The molecule has 1 saturated carbocycles. The number of imide groups is 2. The van der Waals surface area contributed by atoms with Gasteiger partial charge in [0.2, 0.25) is 23.7 Å². The van der Waals surface area contributed by atoms with Gasteiger partial charge in [-0.25, -0.2) is 13.8 Å². The second kappa shape index (κ2) is 20.6. The summed E-state index contributed by atoms with van der Waals surface area (Å²) in [5.74, 6) is -1.89. The summed E-state index contributed by atoms with van der Waals surface area (Å²) < 4.78 is 51.2. The highest BCUT2D eigenvalue weighted by Crippen LogP contribution is 2.37. The van der Waals surface area contributed by atoms with Crippen LogP contribution in [-0.4, -0.2) is 138 Å². The number of pyridine rings is 1. The van der Waals surface area contributed by atoms with Crippen LogP contribution in [0.2, 0.25) is 0 Å². The summed E-state index contributed by atoms with van der Waals surface area (Å²) in [5.41, 5.74) is -0.0574. The monoisotopic (exact) mass is 866 g/mol. The van der Waals surface area contributed by atoms with E-state index in [1.54, 1.807) is 17.0 Å². The van der Waals surface area contributed by atoms with E-state index in [0.717, 1.165) is 24.2 Å². The summed E-state index contributed by atoms with van der Waals surface area (Å²) in [7, 11) is 0. The molecule has 334 valence electrons. The molecule has 5 heterocycles. The Morgan fingerprint density at radius 1 is 0.903 bits per heavy atom. The molecule has 2 saturated heterocycles. The predicted molar refractivity (Wildman–Crippen MR) is 219 cm³/mol. The number of rotatable bonds is 20. The lowest BCUT2D eigenvalue weighted by molar-refractivity contribution is -0.138. The fraction of sp³-hybridized carbons (Fsp3) is 0.571. The van der Waals surface area contributed by atoms with Crippen LogP contribution in [0.3, 0.4) is 0 Å². The van der Waals surface area contributed by atoms with Gasteiger partial charge in [-0.3, -0.25) is 43.6 Å². The molecule has 0 radical (unpaired) electrons. The summed E-state index contributed by atoms with van der Waals surface area (Å²) in [6, 6.07) is 4.79. The number of piperidine rings is 2. The minimum atomic E-state index is -2.89. The maximum atomic E-state index is 13.8. The zero-order valence-electron chi connectivity index (χ0n) is 34.6. The zero-order valence-corrected chi connectivity index (χ0v) is 34.6. The Hall–Kier alpha value is -5.44. The molecule has 0 bridgehead atoms. The number of likely N-dealkylation sites (tertiary alicyclic amines) is 1. The number of hydrogen-bond acceptors (Lipinski definition) is 14. The Labute approximate surface area is 356 Å². The lowest BCUT2D eigenvalue weighted by Crippen LogP contribution is -2.54. The Kier molecular flexibility index (Phi) is 14.8. The number of aromatic nitrogens is 3. The number of benzene rings is 1. The number of nitrogens with zero attached hydrogens (tertiary/aromatic N) is 5. The maximum Gasteiger partial charge on any atom is 0.269 e. The third-order valence-electron chi connectivity index (χ3n) is 11.7. The van der Waals surface area contributed by atoms with E-state index in [0.29, 0.717) is 88.2 Å². The molecule has 20 heteroatoms. The van der Waals surface area contributed by atoms with Crippen molar-refractivity contribution in [3.05, 3.63) is 57.5 Å². The van der Waals surface area contributed by atoms with Crippen LogP contribution in [0.25, 0.3) is 11.0 Å². The van der Waals surface area contributed by atoms with Gasteiger partial charge in [-0.15, -0.1) is 0 Å². The smallest absolute Gasteiger partial charge is 0.269 e. The molecule has 18 nitrogen and oxygen atoms in total. The molecule has 2 aromatic heterocycles. The number of nitrogens with one attached hydrogen (secondary N) is 3. The number of anilines is 2. The van der Waals surface area contributed by atoms with Crippen LogP contribution in [0.1, 0.15) is 90.6 Å². The van der Waals surface area contributed by atoms with Crippen LogP contribution in [0.15, 0.2) is 35.3 Å². The zero-order chi connectivity index (χ0) is 43.8. The number of alkyl halides is 2. The minimum absolute atomic E-state index is 0.0200. The van der Waals surface area contributed by atoms with Gasteiger partial charge in [0.15, 0.2) is 0 Å². The summed E-state index contributed by atoms with van der Waals surface area (Å²) in [6.07, 6.45) is 2.56. The number of amides is 5. The van der Waals surface area contributed by atoms with Crippen LogP contribution in [0.5, 0.6) is 0 Å². The molecule has 62 heavy (non-hydrogen) atoms. The van der Waals surface area contributed by atoms with Gasteiger partial charge in [0.25, 0.3) is 23.8 Å². The standard InChI is InChI=1S/C42H52F2N8O10/c1-25-4-2-7-31(25)51-37-26(22-29(36(43)44)40(51)57)23-46-42(49-37)47-27-10-13-50(14-11-27)34(54)24-62-21-20-61-19-18-60-17-16-59-15-12-45-30-6-3-5-28-35(30)41(58)52(39(28)56)32-8-9-33(53)48-38(32)55/h3,5-6,22-23,25,27,31-32,36,45H,2,4,7-21,24H2,1H3,(H,46,47,49)(H,48,53,55). The largest absolute Gasteiger partial charge is 0.382 e. The summed E-state index contributed by atoms with van der Waals surface area (Å²) in [4.78, 5) is 87.7. The van der Waals surface area contributed by atoms with Gasteiger partial charge in [-0.05, 0) is 56.2 Å². The van der Waals surface area contributed by atoms with Crippen LogP contribution < -0.4 is 21.5 Å². The molecule has 3 aliphatic heterocycles. The van der Waals surface area contributed by atoms with Gasteiger partial charge < -0.3 is 34.5 Å². The number of carbonyl (C=O) groups is 5. The second-order valence-electron chi connectivity index (χ2n) is 15.8. The summed E-state index contributed by atoms with van der Waals surface area (Å²) in [5, 5.41) is 9.02. The number of ether oxygens (including phenoxy) is 4. The fourth-order valence-corrected chi connectivity index (χ4v) is 8.47. The number of halogens is 2. The predicted octanol–water partition coefficient (Wildman–Crippen LogP) is 3.07. The minimum Gasteiger partial charge on any atom is -0.382 e. The molecule has 1 aliphatic carbocycles. The van der Waals surface area contributed by atoms with Crippen LogP contribution in [0, 0.1) is 5.92 Å². The first-order valence-corrected chi connectivity index (χ1v) is 21.2. The molecule has 7 rings (SSSR count). The van der Waals surface area contributed by atoms with E-state index < -0.39 is 47.2 Å². The molecule has 3 atom stereocenters. The number of hydrogen-bond donors (Lipinski definition) is 3. The van der Waals surface area contributed by atoms with Crippen molar-refractivity contribution in [1.29, 1.82) is 0 Å². The van der Waals surface area contributed by atoms with Crippen molar-refractivity contribution in [2.75, 3.05) is 83.1 Å². The maximum absolute atomic E-state index is 13.8. The second-order valence-corrected chi connectivity index (χ2v) is 15.8. The molecule has 5 amide bonds. The molecule has 0 spiro atoms. The van der Waals surface area contributed by atoms with Gasteiger partial charge in [0, 0.05) is 55.4 Å². The Morgan fingerprint density at radius 2 is 1.61 bits per heavy atom. The van der Waals surface area contributed by atoms with Gasteiger partial charge in [-0.1, -0.05) is 19.4 Å². The van der Waals surface area contributed by atoms with Gasteiger partial charge in [-0.2, -0.15) is 4.98 Å². The van der Waals surface area contributed by atoms with E-state index in [1.807, 2.05) is 6.92 Å². The topological polar surface area (TPSA) is 213 Å². The molecule has 3 fully saturated rings. The van der Waals surface area contributed by atoms with Gasteiger partial charge in [0.05, 0.1) is 62.9 Å². The van der Waals surface area contributed by atoms with Crippen molar-refractivity contribution in [3.63, 3.8) is 0 Å². The lowest BCUT2D eigenvalue weighted by Gasteiger charge is -2.32. The van der Waals surface area contributed by atoms with E-state index in [-0.39, 0.29) is 67.7 Å². The van der Waals surface area contributed by atoms with Gasteiger partial charge in [0.1, 0.15) is 18.3 Å². The van der Waals surface area contributed by atoms with Crippen molar-refractivity contribution in [1.82, 2.24) is 29.7 Å². The first kappa shape index (κ1) is 44.6. The van der Waals surface area contributed by atoms with E-state index in [9.17, 15) is 37.5 Å². The average molecular weight is 867 g/mol. The van der Waals surface area contributed by atoms with Crippen LogP contribution in [-0.2, 0) is 33.3 Å². The van der Waals surface area contributed by atoms with Crippen molar-refractivity contribution < 1.29 is 51.7 Å². The van der Waals surface area contributed by atoms with Crippen molar-refractivity contribution in [2.45, 2.75) is 76.4 Å². The van der Waals surface area contributed by atoms with Crippen LogP contribution >= 0.6 is 0 Å². The van der Waals surface area contributed by atoms with Crippen molar-refractivity contribution in [2.24, 2.45) is 5.92 Å². The highest BCUT2D eigenvalue weighted by atomic mass is 19.3.